The van der Waals surface area contributed by atoms with Crippen LogP contribution in [0.4, 0.5) is 5.69 Å². The Balaban J connectivity index is 1.93. The van der Waals surface area contributed by atoms with Crippen LogP contribution in [0.15, 0.2) is 66.1 Å². The minimum atomic E-state index is -4.05. The summed E-state index contributed by atoms with van der Waals surface area (Å²) in [5.41, 5.74) is 1.40. The van der Waals surface area contributed by atoms with Crippen LogP contribution in [0.3, 0.4) is 0 Å². The topological polar surface area (TPSA) is 101 Å². The second-order valence-electron chi connectivity index (χ2n) is 7.00. The maximum Gasteiger partial charge on any atom is 0.337 e. The zero-order valence-electron chi connectivity index (χ0n) is 17.1. The highest BCUT2D eigenvalue weighted by Gasteiger charge is 2.46. The van der Waals surface area contributed by atoms with Gasteiger partial charge in [0.15, 0.2) is 0 Å². The molecule has 3 rings (SSSR count). The number of hydrogen-bond donors (Lipinski definition) is 0. The molecule has 9 heteroatoms. The fourth-order valence-electron chi connectivity index (χ4n) is 3.34. The Hall–Kier alpha value is -3.30. The van der Waals surface area contributed by atoms with Crippen molar-refractivity contribution in [2.75, 3.05) is 18.6 Å². The molecule has 162 valence electrons. The Labute approximate surface area is 180 Å². The van der Waals surface area contributed by atoms with Gasteiger partial charge in [-0.15, -0.1) is 6.58 Å². The molecular formula is C22H22N2O6S. The van der Waals surface area contributed by atoms with Crippen LogP contribution in [0, 0.1) is 6.92 Å². The van der Waals surface area contributed by atoms with Gasteiger partial charge in [0, 0.05) is 6.54 Å². The quantitative estimate of drug-likeness (QED) is 0.370. The van der Waals surface area contributed by atoms with Crippen LogP contribution in [-0.4, -0.2) is 50.2 Å². The van der Waals surface area contributed by atoms with Gasteiger partial charge in [0.2, 0.25) is 15.9 Å². The van der Waals surface area contributed by atoms with Gasteiger partial charge in [-0.05, 0) is 43.3 Å². The minimum Gasteiger partial charge on any atom is -0.465 e. The molecule has 0 radical (unpaired) electrons. The normalized spacial score (nSPS) is 16.6. The molecule has 8 nitrogen and oxygen atoms in total. The number of amides is 2. The van der Waals surface area contributed by atoms with E-state index in [1.807, 2.05) is 6.92 Å². The number of carbonyl (C=O) groups excluding carboxylic acids is 3. The second kappa shape index (κ2) is 8.83. The van der Waals surface area contributed by atoms with Crippen LogP contribution in [0.2, 0.25) is 0 Å². The number of hydrogen-bond acceptors (Lipinski definition) is 6. The van der Waals surface area contributed by atoms with E-state index >= 15 is 0 Å². The Bertz CT molecular complexity index is 1120. The van der Waals surface area contributed by atoms with E-state index in [0.717, 1.165) is 14.8 Å². The molecule has 2 amide bonds. The van der Waals surface area contributed by atoms with Crippen LogP contribution in [0.25, 0.3) is 0 Å². The fraction of sp³-hybridized carbons (Fsp3) is 0.227. The van der Waals surface area contributed by atoms with E-state index in [4.69, 9.17) is 0 Å². The van der Waals surface area contributed by atoms with Gasteiger partial charge < -0.3 is 4.74 Å². The smallest absolute Gasteiger partial charge is 0.337 e. The van der Waals surface area contributed by atoms with Gasteiger partial charge in [0.25, 0.3) is 5.91 Å². The number of anilines is 1. The van der Waals surface area contributed by atoms with Crippen LogP contribution in [0.5, 0.6) is 0 Å². The molecular weight excluding hydrogens is 420 g/mol. The number of imide groups is 1. The lowest BCUT2D eigenvalue weighted by atomic mass is 10.2. The van der Waals surface area contributed by atoms with E-state index in [1.165, 1.54) is 49.6 Å². The summed E-state index contributed by atoms with van der Waals surface area (Å²) < 4.78 is 32.1. The first-order chi connectivity index (χ1) is 14.7. The Morgan fingerprint density at radius 1 is 1.16 bits per heavy atom. The van der Waals surface area contributed by atoms with Crippen molar-refractivity contribution in [1.82, 2.24) is 4.31 Å². The van der Waals surface area contributed by atoms with Crippen LogP contribution in [0.1, 0.15) is 22.3 Å². The average molecular weight is 442 g/mol. The third kappa shape index (κ3) is 4.28. The van der Waals surface area contributed by atoms with E-state index in [2.05, 4.69) is 11.3 Å². The highest BCUT2D eigenvalue weighted by molar-refractivity contribution is 7.89. The number of methoxy groups -OCH3 is 1. The predicted octanol–water partition coefficient (Wildman–Crippen LogP) is 2.29. The van der Waals surface area contributed by atoms with Gasteiger partial charge in [0.05, 0.1) is 29.7 Å². The standard InChI is InChI=1S/C22H22N2O6S/c1-4-13-23(31(28,29)18-11-5-15(2)6-12-18)19-14-20(25)24(21(19)26)17-9-7-16(8-10-17)22(27)30-3/h4-12,19H,1,13-14H2,2-3H3. The van der Waals surface area contributed by atoms with E-state index in [1.54, 1.807) is 12.1 Å². The summed E-state index contributed by atoms with van der Waals surface area (Å²) in [6.07, 6.45) is 1.08. The molecule has 0 saturated carbocycles. The number of ether oxygens (including phenoxy) is 1. The lowest BCUT2D eigenvalue weighted by Gasteiger charge is -2.25. The van der Waals surface area contributed by atoms with Crippen molar-refractivity contribution in [1.29, 1.82) is 0 Å². The number of aryl methyl sites for hydroxylation is 1. The molecule has 2 aromatic carbocycles. The highest BCUT2D eigenvalue weighted by Crippen LogP contribution is 2.29. The van der Waals surface area contributed by atoms with E-state index in [0.29, 0.717) is 0 Å². The third-order valence-electron chi connectivity index (χ3n) is 4.95. The van der Waals surface area contributed by atoms with Crippen molar-refractivity contribution < 1.29 is 27.5 Å². The van der Waals surface area contributed by atoms with Gasteiger partial charge >= 0.3 is 5.97 Å². The molecule has 1 saturated heterocycles. The number of carbonyl (C=O) groups is 3. The Morgan fingerprint density at radius 2 is 1.77 bits per heavy atom. The Kier molecular flexibility index (Phi) is 6.37. The maximum atomic E-state index is 13.2. The molecule has 1 fully saturated rings. The first-order valence-electron chi connectivity index (χ1n) is 9.45. The van der Waals surface area contributed by atoms with Crippen LogP contribution < -0.4 is 4.90 Å². The number of rotatable bonds is 7. The van der Waals surface area contributed by atoms with Crippen molar-refractivity contribution in [3.8, 4) is 0 Å². The van der Waals surface area contributed by atoms with Gasteiger partial charge in [-0.2, -0.15) is 4.31 Å². The first-order valence-corrected chi connectivity index (χ1v) is 10.9. The van der Waals surface area contributed by atoms with Crippen molar-refractivity contribution in [3.05, 3.63) is 72.3 Å². The summed E-state index contributed by atoms with van der Waals surface area (Å²) in [6.45, 7) is 5.29. The predicted molar refractivity (Wildman–Crippen MR) is 114 cm³/mol. The van der Waals surface area contributed by atoms with Crippen LogP contribution >= 0.6 is 0 Å². The zero-order valence-corrected chi connectivity index (χ0v) is 18.0. The van der Waals surface area contributed by atoms with Gasteiger partial charge in [0.1, 0.15) is 6.04 Å². The summed E-state index contributed by atoms with van der Waals surface area (Å²) in [6, 6.07) is 10.8. The van der Waals surface area contributed by atoms with Gasteiger partial charge in [-0.25, -0.2) is 18.1 Å². The summed E-state index contributed by atoms with van der Waals surface area (Å²) >= 11 is 0. The minimum absolute atomic E-state index is 0.0288. The summed E-state index contributed by atoms with van der Waals surface area (Å²) in [5.74, 6) is -1.74. The highest BCUT2D eigenvalue weighted by atomic mass is 32.2. The molecule has 0 bridgehead atoms. The molecule has 1 heterocycles. The second-order valence-corrected chi connectivity index (χ2v) is 8.89. The Morgan fingerprint density at radius 3 is 2.32 bits per heavy atom. The summed E-state index contributed by atoms with van der Waals surface area (Å²) in [7, 11) is -2.80. The zero-order chi connectivity index (χ0) is 22.8. The van der Waals surface area contributed by atoms with E-state index < -0.39 is 33.8 Å². The first kappa shape index (κ1) is 22.4. The number of sulfonamides is 1. The molecule has 2 aromatic rings. The third-order valence-corrected chi connectivity index (χ3v) is 6.84. The van der Waals surface area contributed by atoms with Gasteiger partial charge in [-0.3, -0.25) is 9.59 Å². The molecule has 1 aliphatic heterocycles. The fourth-order valence-corrected chi connectivity index (χ4v) is 4.89. The lowest BCUT2D eigenvalue weighted by molar-refractivity contribution is -0.122. The summed E-state index contributed by atoms with van der Waals surface area (Å²) in [4.78, 5) is 38.3. The number of esters is 1. The van der Waals surface area contributed by atoms with E-state index in [9.17, 15) is 22.8 Å². The van der Waals surface area contributed by atoms with E-state index in [-0.39, 0.29) is 29.1 Å². The molecule has 0 aromatic heterocycles. The molecule has 1 unspecified atom stereocenters. The molecule has 0 aliphatic carbocycles. The molecule has 1 aliphatic rings. The SMILES string of the molecule is C=CCN(C1CC(=O)N(c2ccc(C(=O)OC)cc2)C1=O)S(=O)(=O)c1ccc(C)cc1. The molecule has 1 atom stereocenters. The number of nitrogens with zero attached hydrogens (tertiary/aromatic N) is 2. The largest absolute Gasteiger partial charge is 0.465 e. The maximum absolute atomic E-state index is 13.2. The average Bonchev–Trinajstić information content (AvgIpc) is 3.05. The van der Waals surface area contributed by atoms with Crippen LogP contribution in [-0.2, 0) is 24.3 Å². The monoisotopic (exact) mass is 442 g/mol. The lowest BCUT2D eigenvalue weighted by Crippen LogP contribution is -2.45. The summed E-state index contributed by atoms with van der Waals surface area (Å²) in [5, 5.41) is 0. The van der Waals surface area contributed by atoms with Crippen molar-refractivity contribution in [3.63, 3.8) is 0 Å². The van der Waals surface area contributed by atoms with Crippen molar-refractivity contribution in [2.45, 2.75) is 24.3 Å². The van der Waals surface area contributed by atoms with Crippen molar-refractivity contribution >= 4 is 33.5 Å². The molecule has 0 spiro atoms. The molecule has 31 heavy (non-hydrogen) atoms. The van der Waals surface area contributed by atoms with Gasteiger partial charge in [-0.1, -0.05) is 23.8 Å². The molecule has 0 N–H and O–H groups in total. The van der Waals surface area contributed by atoms with Crippen molar-refractivity contribution in [2.24, 2.45) is 0 Å². The number of benzene rings is 2.